The van der Waals surface area contributed by atoms with Gasteiger partial charge in [0.1, 0.15) is 5.82 Å². The molecular weight excluding hydrogens is 223 g/mol. The Morgan fingerprint density at radius 3 is 2.71 bits per heavy atom. The van der Waals surface area contributed by atoms with Crippen molar-refractivity contribution in [2.45, 2.75) is 32.8 Å². The number of aliphatic hydroxyl groups excluding tert-OH is 1. The topological polar surface area (TPSA) is 46.5 Å². The predicted octanol–water partition coefficient (Wildman–Crippen LogP) is 2.16. The Hall–Kier alpha value is -1.42. The monoisotopic (exact) mass is 240 g/mol. The average Bonchev–Trinajstić information content (AvgIpc) is 2.31. The van der Waals surface area contributed by atoms with E-state index in [1.54, 1.807) is 32.9 Å². The lowest BCUT2D eigenvalue weighted by atomic mass is 9.94. The molecule has 0 saturated heterocycles. The third-order valence-corrected chi connectivity index (χ3v) is 2.72. The van der Waals surface area contributed by atoms with Gasteiger partial charge in [-0.05, 0) is 31.0 Å². The number of ether oxygens (including phenoxy) is 1. The van der Waals surface area contributed by atoms with E-state index in [-0.39, 0.29) is 12.4 Å². The van der Waals surface area contributed by atoms with Crippen LogP contribution in [-0.2, 0) is 9.53 Å². The van der Waals surface area contributed by atoms with E-state index in [1.807, 2.05) is 0 Å². The predicted molar refractivity (Wildman–Crippen MR) is 62.2 cm³/mol. The smallest absolute Gasteiger partial charge is 0.335 e. The molecule has 0 heterocycles. The van der Waals surface area contributed by atoms with E-state index < -0.39 is 18.0 Å². The number of aliphatic hydroxyl groups is 1. The Balaban J connectivity index is 2.84. The van der Waals surface area contributed by atoms with E-state index in [0.717, 1.165) is 0 Å². The first-order valence-corrected chi connectivity index (χ1v) is 5.58. The highest BCUT2D eigenvalue weighted by molar-refractivity contribution is 5.75. The molecule has 0 radical (unpaired) electrons. The zero-order valence-electron chi connectivity index (χ0n) is 10.2. The average molecular weight is 240 g/mol. The van der Waals surface area contributed by atoms with Gasteiger partial charge in [0, 0.05) is 5.92 Å². The van der Waals surface area contributed by atoms with Gasteiger partial charge in [0.15, 0.2) is 6.10 Å². The number of aryl methyl sites for hydroxylation is 1. The number of halogens is 1. The highest BCUT2D eigenvalue weighted by atomic mass is 19.1. The zero-order valence-corrected chi connectivity index (χ0v) is 10.2. The van der Waals surface area contributed by atoms with E-state index in [9.17, 15) is 14.3 Å². The maximum atomic E-state index is 13.4. The number of carbonyl (C=O) groups is 1. The van der Waals surface area contributed by atoms with Crippen molar-refractivity contribution in [3.63, 3.8) is 0 Å². The summed E-state index contributed by atoms with van der Waals surface area (Å²) in [6.07, 6.45) is -1.27. The molecule has 0 aromatic heterocycles. The normalized spacial score (nSPS) is 14.2. The van der Waals surface area contributed by atoms with E-state index >= 15 is 0 Å². The number of hydrogen-bond donors (Lipinski definition) is 1. The lowest BCUT2D eigenvalue weighted by Gasteiger charge is -2.18. The first kappa shape index (κ1) is 13.6. The van der Waals surface area contributed by atoms with Crippen molar-refractivity contribution in [1.82, 2.24) is 0 Å². The summed E-state index contributed by atoms with van der Waals surface area (Å²) in [6, 6.07) is 4.66. The molecule has 0 amide bonds. The van der Waals surface area contributed by atoms with Crippen molar-refractivity contribution in [3.05, 3.63) is 35.1 Å². The van der Waals surface area contributed by atoms with Crippen molar-refractivity contribution in [3.8, 4) is 0 Å². The second kappa shape index (κ2) is 5.77. The lowest BCUT2D eigenvalue weighted by molar-refractivity contribution is -0.154. The van der Waals surface area contributed by atoms with Crippen LogP contribution in [0.4, 0.5) is 4.39 Å². The van der Waals surface area contributed by atoms with E-state index in [4.69, 9.17) is 4.74 Å². The standard InChI is InChI=1S/C13H17FO3/c1-4-17-13(16)12(15)9(3)10-6-5-8(2)11(14)7-10/h5-7,9,12,15H,4H2,1-3H3. The van der Waals surface area contributed by atoms with Gasteiger partial charge in [-0.2, -0.15) is 0 Å². The zero-order chi connectivity index (χ0) is 13.0. The van der Waals surface area contributed by atoms with Gasteiger partial charge in [-0.25, -0.2) is 9.18 Å². The minimum atomic E-state index is -1.27. The van der Waals surface area contributed by atoms with Crippen molar-refractivity contribution in [1.29, 1.82) is 0 Å². The van der Waals surface area contributed by atoms with Crippen LogP contribution in [0.3, 0.4) is 0 Å². The van der Waals surface area contributed by atoms with Gasteiger partial charge < -0.3 is 9.84 Å². The molecule has 94 valence electrons. The first-order chi connectivity index (χ1) is 7.97. The van der Waals surface area contributed by atoms with Gasteiger partial charge in [-0.15, -0.1) is 0 Å². The van der Waals surface area contributed by atoms with Gasteiger partial charge in [0.2, 0.25) is 0 Å². The molecule has 0 fully saturated rings. The molecule has 0 bridgehead atoms. The summed E-state index contributed by atoms with van der Waals surface area (Å²) in [6.45, 7) is 5.20. The summed E-state index contributed by atoms with van der Waals surface area (Å²) in [5, 5.41) is 9.73. The summed E-state index contributed by atoms with van der Waals surface area (Å²) in [4.78, 5) is 11.3. The third-order valence-electron chi connectivity index (χ3n) is 2.72. The Morgan fingerprint density at radius 1 is 1.53 bits per heavy atom. The SMILES string of the molecule is CCOC(=O)C(O)C(C)c1ccc(C)c(F)c1. The number of esters is 1. The van der Waals surface area contributed by atoms with E-state index in [1.165, 1.54) is 6.07 Å². The highest BCUT2D eigenvalue weighted by Crippen LogP contribution is 2.22. The second-order valence-corrected chi connectivity index (χ2v) is 3.99. The number of carbonyl (C=O) groups excluding carboxylic acids is 1. The van der Waals surface area contributed by atoms with Gasteiger partial charge in [0.25, 0.3) is 0 Å². The van der Waals surface area contributed by atoms with Gasteiger partial charge in [-0.3, -0.25) is 0 Å². The molecule has 0 saturated carbocycles. The Bertz CT molecular complexity index is 404. The van der Waals surface area contributed by atoms with Crippen LogP contribution in [0.1, 0.15) is 30.9 Å². The largest absolute Gasteiger partial charge is 0.464 e. The van der Waals surface area contributed by atoms with Crippen molar-refractivity contribution < 1.29 is 19.0 Å². The van der Waals surface area contributed by atoms with Crippen LogP contribution in [0.5, 0.6) is 0 Å². The summed E-state index contributed by atoms with van der Waals surface area (Å²) in [5.41, 5.74) is 1.11. The van der Waals surface area contributed by atoms with Gasteiger partial charge in [0.05, 0.1) is 6.61 Å². The minimum absolute atomic E-state index is 0.213. The molecule has 3 nitrogen and oxygen atoms in total. The fraction of sp³-hybridized carbons (Fsp3) is 0.462. The van der Waals surface area contributed by atoms with Crippen molar-refractivity contribution in [2.24, 2.45) is 0 Å². The van der Waals surface area contributed by atoms with Crippen LogP contribution in [0, 0.1) is 12.7 Å². The molecule has 0 aliphatic rings. The molecule has 1 N–H and O–H groups in total. The molecular formula is C13H17FO3. The summed E-state index contributed by atoms with van der Waals surface area (Å²) >= 11 is 0. The highest BCUT2D eigenvalue weighted by Gasteiger charge is 2.25. The molecule has 0 aliphatic heterocycles. The summed E-state index contributed by atoms with van der Waals surface area (Å²) < 4.78 is 18.1. The summed E-state index contributed by atoms with van der Waals surface area (Å²) in [5.74, 6) is -1.52. The van der Waals surface area contributed by atoms with Crippen LogP contribution in [0.25, 0.3) is 0 Å². The van der Waals surface area contributed by atoms with Crippen LogP contribution in [-0.4, -0.2) is 23.8 Å². The number of benzene rings is 1. The molecule has 0 aliphatic carbocycles. The molecule has 1 aromatic rings. The van der Waals surface area contributed by atoms with Crippen LogP contribution in [0.2, 0.25) is 0 Å². The Morgan fingerprint density at radius 2 is 2.18 bits per heavy atom. The molecule has 2 unspecified atom stereocenters. The fourth-order valence-corrected chi connectivity index (χ4v) is 1.51. The Labute approximate surface area is 100 Å². The second-order valence-electron chi connectivity index (χ2n) is 3.99. The van der Waals surface area contributed by atoms with Crippen LogP contribution in [0.15, 0.2) is 18.2 Å². The minimum Gasteiger partial charge on any atom is -0.464 e. The molecule has 1 aromatic carbocycles. The Kier molecular flexibility index (Phi) is 4.63. The van der Waals surface area contributed by atoms with Crippen molar-refractivity contribution >= 4 is 5.97 Å². The van der Waals surface area contributed by atoms with Crippen molar-refractivity contribution in [2.75, 3.05) is 6.61 Å². The third kappa shape index (κ3) is 3.27. The number of hydrogen-bond acceptors (Lipinski definition) is 3. The van der Waals surface area contributed by atoms with Crippen LogP contribution >= 0.6 is 0 Å². The molecule has 17 heavy (non-hydrogen) atoms. The lowest BCUT2D eigenvalue weighted by Crippen LogP contribution is -2.28. The van der Waals surface area contributed by atoms with E-state index in [2.05, 4.69) is 0 Å². The summed E-state index contributed by atoms with van der Waals surface area (Å²) in [7, 11) is 0. The molecule has 0 spiro atoms. The maximum absolute atomic E-state index is 13.4. The fourth-order valence-electron chi connectivity index (χ4n) is 1.51. The molecule has 1 rings (SSSR count). The van der Waals surface area contributed by atoms with Crippen LogP contribution < -0.4 is 0 Å². The number of rotatable bonds is 4. The first-order valence-electron chi connectivity index (χ1n) is 5.58. The van der Waals surface area contributed by atoms with Gasteiger partial charge >= 0.3 is 5.97 Å². The quantitative estimate of drug-likeness (QED) is 0.820. The maximum Gasteiger partial charge on any atom is 0.335 e. The van der Waals surface area contributed by atoms with E-state index in [0.29, 0.717) is 11.1 Å². The molecule has 2 atom stereocenters. The van der Waals surface area contributed by atoms with Gasteiger partial charge in [-0.1, -0.05) is 19.1 Å². The molecule has 4 heteroatoms.